The van der Waals surface area contributed by atoms with Gasteiger partial charge in [0.15, 0.2) is 0 Å². The highest BCUT2D eigenvalue weighted by Crippen LogP contribution is 2.25. The lowest BCUT2D eigenvalue weighted by atomic mass is 10.3. The molecule has 0 fully saturated rings. The maximum Gasteiger partial charge on any atom is 0.262 e. The largest absolute Gasteiger partial charge is 0.506 e. The van der Waals surface area contributed by atoms with E-state index in [0.29, 0.717) is 11.4 Å². The zero-order valence-electron chi connectivity index (χ0n) is 10.5. The van der Waals surface area contributed by atoms with Crippen molar-refractivity contribution in [3.63, 3.8) is 0 Å². The molecular formula is C12H12ClN3O3S. The van der Waals surface area contributed by atoms with Crippen LogP contribution in [0.3, 0.4) is 0 Å². The highest BCUT2D eigenvalue weighted by Gasteiger charge is 2.17. The summed E-state index contributed by atoms with van der Waals surface area (Å²) in [5.41, 5.74) is 6.25. The molecule has 4 N–H and O–H groups in total. The molecule has 1 aromatic heterocycles. The van der Waals surface area contributed by atoms with E-state index >= 15 is 0 Å². The van der Waals surface area contributed by atoms with Crippen LogP contribution in [0.1, 0.15) is 5.69 Å². The van der Waals surface area contributed by atoms with E-state index < -0.39 is 10.0 Å². The van der Waals surface area contributed by atoms with Crippen molar-refractivity contribution in [2.45, 2.75) is 11.8 Å². The Labute approximate surface area is 121 Å². The van der Waals surface area contributed by atoms with E-state index in [0.717, 1.165) is 0 Å². The van der Waals surface area contributed by atoms with Crippen LogP contribution in [0, 0.1) is 6.92 Å². The zero-order valence-corrected chi connectivity index (χ0v) is 12.0. The van der Waals surface area contributed by atoms with Gasteiger partial charge in [0.2, 0.25) is 0 Å². The molecule has 0 amide bonds. The number of hydrogen-bond acceptors (Lipinski definition) is 5. The lowest BCUT2D eigenvalue weighted by Gasteiger charge is -2.11. The third kappa shape index (κ3) is 2.94. The third-order valence-corrected chi connectivity index (χ3v) is 4.18. The molecule has 2 aromatic rings. The van der Waals surface area contributed by atoms with Crippen LogP contribution >= 0.6 is 11.6 Å². The molecule has 6 nitrogen and oxygen atoms in total. The van der Waals surface area contributed by atoms with Gasteiger partial charge in [-0.1, -0.05) is 11.6 Å². The summed E-state index contributed by atoms with van der Waals surface area (Å²) in [5.74, 6) is -0.173. The molecular weight excluding hydrogens is 302 g/mol. The Kier molecular flexibility index (Phi) is 3.74. The Morgan fingerprint density at radius 2 is 2.00 bits per heavy atom. The number of nitrogen functional groups attached to an aromatic ring is 1. The molecule has 0 unspecified atom stereocenters. The van der Waals surface area contributed by atoms with Gasteiger partial charge in [-0.3, -0.25) is 4.72 Å². The number of aromatic hydroxyl groups is 1. The van der Waals surface area contributed by atoms with E-state index in [1.165, 1.54) is 30.3 Å². The Balaban J connectivity index is 2.38. The fourth-order valence-electron chi connectivity index (χ4n) is 1.54. The number of benzene rings is 1. The number of nitrogens with one attached hydrogen (secondary N) is 1. The topological polar surface area (TPSA) is 105 Å². The number of pyridine rings is 1. The zero-order chi connectivity index (χ0) is 14.9. The highest BCUT2D eigenvalue weighted by atomic mass is 35.5. The summed E-state index contributed by atoms with van der Waals surface area (Å²) in [6.07, 6.45) is 0. The third-order valence-electron chi connectivity index (χ3n) is 2.61. The molecule has 106 valence electrons. The quantitative estimate of drug-likeness (QED) is 0.457. The Bertz CT molecular complexity index is 763. The first-order chi connectivity index (χ1) is 9.29. The average molecular weight is 314 g/mol. The second-order valence-electron chi connectivity index (χ2n) is 4.09. The molecule has 0 saturated carbocycles. The van der Waals surface area contributed by atoms with Crippen molar-refractivity contribution in [3.05, 3.63) is 41.2 Å². The fourth-order valence-corrected chi connectivity index (χ4v) is 2.88. The molecule has 2 rings (SSSR count). The molecule has 0 saturated heterocycles. The molecule has 0 spiro atoms. The second kappa shape index (κ2) is 5.18. The number of anilines is 2. The van der Waals surface area contributed by atoms with Crippen molar-refractivity contribution < 1.29 is 13.5 Å². The van der Waals surface area contributed by atoms with Crippen molar-refractivity contribution in [1.29, 1.82) is 0 Å². The highest BCUT2D eigenvalue weighted by molar-refractivity contribution is 7.92. The normalized spacial score (nSPS) is 11.3. The minimum absolute atomic E-state index is 0.0150. The monoisotopic (exact) mass is 313 g/mol. The van der Waals surface area contributed by atoms with Crippen molar-refractivity contribution >= 4 is 33.0 Å². The fraction of sp³-hybridized carbons (Fsp3) is 0.0833. The number of nitrogens with two attached hydrogens (primary N) is 1. The maximum absolute atomic E-state index is 12.2. The van der Waals surface area contributed by atoms with Gasteiger partial charge in [0, 0.05) is 0 Å². The summed E-state index contributed by atoms with van der Waals surface area (Å²) in [5, 5.41) is 9.59. The Hall–Kier alpha value is -1.99. The van der Waals surface area contributed by atoms with Crippen LogP contribution in [0.15, 0.2) is 35.2 Å². The van der Waals surface area contributed by atoms with Crippen LogP contribution in [-0.2, 0) is 10.0 Å². The maximum atomic E-state index is 12.2. The summed E-state index contributed by atoms with van der Waals surface area (Å²) < 4.78 is 26.8. The predicted octanol–water partition coefficient (Wildman–Crippen LogP) is 2.13. The van der Waals surface area contributed by atoms with Crippen molar-refractivity contribution in [3.8, 4) is 5.75 Å². The van der Waals surface area contributed by atoms with Crippen molar-refractivity contribution in [2.24, 2.45) is 0 Å². The molecule has 0 aliphatic carbocycles. The first-order valence-electron chi connectivity index (χ1n) is 5.54. The lowest BCUT2D eigenvalue weighted by Crippen LogP contribution is -2.14. The number of rotatable bonds is 3. The summed E-state index contributed by atoms with van der Waals surface area (Å²) in [4.78, 5) is 3.90. The van der Waals surface area contributed by atoms with E-state index in [1.807, 2.05) is 0 Å². The number of phenols is 1. The first-order valence-corrected chi connectivity index (χ1v) is 7.40. The molecule has 1 heterocycles. The molecule has 0 atom stereocenters. The first kappa shape index (κ1) is 14.4. The summed E-state index contributed by atoms with van der Waals surface area (Å²) in [6.45, 7) is 1.63. The van der Waals surface area contributed by atoms with Gasteiger partial charge in [0.1, 0.15) is 10.9 Å². The Morgan fingerprint density at radius 3 is 2.60 bits per heavy atom. The van der Waals surface area contributed by atoms with E-state index in [9.17, 15) is 13.5 Å². The number of hydrogen-bond donors (Lipinski definition) is 3. The van der Waals surface area contributed by atoms with Gasteiger partial charge < -0.3 is 10.8 Å². The van der Waals surface area contributed by atoms with Crippen LogP contribution in [0.4, 0.5) is 11.4 Å². The van der Waals surface area contributed by atoms with Crippen LogP contribution in [-0.4, -0.2) is 18.5 Å². The SMILES string of the molecule is Cc1nc(Cl)ccc1NS(=O)(=O)c1ccc(O)c(N)c1. The molecule has 20 heavy (non-hydrogen) atoms. The van der Waals surface area contributed by atoms with Gasteiger partial charge in [-0.15, -0.1) is 0 Å². The summed E-state index contributed by atoms with van der Waals surface area (Å²) in [6, 6.07) is 6.66. The number of halogens is 1. The molecule has 0 aliphatic rings. The average Bonchev–Trinajstić information content (AvgIpc) is 2.36. The number of aromatic nitrogens is 1. The standard InChI is InChI=1S/C12H12ClN3O3S/c1-7-10(3-5-12(13)15-7)16-20(18,19)8-2-4-11(17)9(14)6-8/h2-6,16-17H,14H2,1H3. The van der Waals surface area contributed by atoms with Crippen LogP contribution in [0.25, 0.3) is 0 Å². The molecule has 0 radical (unpaired) electrons. The smallest absolute Gasteiger partial charge is 0.262 e. The number of nitrogens with zero attached hydrogens (tertiary/aromatic N) is 1. The van der Waals surface area contributed by atoms with Crippen LogP contribution in [0.5, 0.6) is 5.75 Å². The van der Waals surface area contributed by atoms with Gasteiger partial charge in [0.05, 0.1) is 22.0 Å². The van der Waals surface area contributed by atoms with Crippen LogP contribution < -0.4 is 10.5 Å². The number of aryl methyl sites for hydroxylation is 1. The Morgan fingerprint density at radius 1 is 1.30 bits per heavy atom. The van der Waals surface area contributed by atoms with Gasteiger partial charge in [-0.2, -0.15) is 0 Å². The predicted molar refractivity (Wildman–Crippen MR) is 77.3 cm³/mol. The van der Waals surface area contributed by atoms with Crippen molar-refractivity contribution in [1.82, 2.24) is 4.98 Å². The van der Waals surface area contributed by atoms with E-state index in [2.05, 4.69) is 9.71 Å². The molecule has 0 aliphatic heterocycles. The molecule has 1 aromatic carbocycles. The van der Waals surface area contributed by atoms with Crippen LogP contribution in [0.2, 0.25) is 5.15 Å². The van der Waals surface area contributed by atoms with Crippen molar-refractivity contribution in [2.75, 3.05) is 10.5 Å². The van der Waals surface area contributed by atoms with Gasteiger partial charge in [-0.25, -0.2) is 13.4 Å². The molecule has 0 bridgehead atoms. The summed E-state index contributed by atoms with van der Waals surface area (Å²) in [7, 11) is -3.81. The second-order valence-corrected chi connectivity index (χ2v) is 6.16. The number of phenolic OH excluding ortho intramolecular Hbond substituents is 1. The summed E-state index contributed by atoms with van der Waals surface area (Å²) >= 11 is 5.71. The lowest BCUT2D eigenvalue weighted by molar-refractivity contribution is 0.477. The number of sulfonamides is 1. The van der Waals surface area contributed by atoms with Gasteiger partial charge >= 0.3 is 0 Å². The van der Waals surface area contributed by atoms with E-state index in [-0.39, 0.29) is 21.5 Å². The van der Waals surface area contributed by atoms with E-state index in [4.69, 9.17) is 17.3 Å². The van der Waals surface area contributed by atoms with Gasteiger partial charge in [-0.05, 0) is 37.3 Å². The minimum Gasteiger partial charge on any atom is -0.506 e. The van der Waals surface area contributed by atoms with Gasteiger partial charge in [0.25, 0.3) is 10.0 Å². The molecule has 8 heteroatoms. The minimum atomic E-state index is -3.81. The van der Waals surface area contributed by atoms with E-state index in [1.54, 1.807) is 6.92 Å².